The molecule has 0 fully saturated rings. The number of carbonyl (C=O) groups excluding carboxylic acids is 1. The fourth-order valence-corrected chi connectivity index (χ4v) is 2.37. The van der Waals surface area contributed by atoms with Crippen LogP contribution in [0.1, 0.15) is 12.5 Å². The van der Waals surface area contributed by atoms with Gasteiger partial charge in [-0.2, -0.15) is 0 Å². The summed E-state index contributed by atoms with van der Waals surface area (Å²) in [6.45, 7) is 1.93. The minimum absolute atomic E-state index is 0.0298. The topological polar surface area (TPSA) is 42.0 Å². The lowest BCUT2D eigenvalue weighted by molar-refractivity contribution is -0.119. The van der Waals surface area contributed by atoms with Crippen LogP contribution >= 0.6 is 27.3 Å². The maximum atomic E-state index is 11.9. The number of hydrogen-bond acceptors (Lipinski definition) is 3. The molecule has 2 rings (SSSR count). The summed E-state index contributed by atoms with van der Waals surface area (Å²) in [5.74, 6) is -0.0320. The lowest BCUT2D eigenvalue weighted by Gasteiger charge is -2.11. The number of carbonyl (C=O) groups is 1. The van der Waals surface area contributed by atoms with Gasteiger partial charge in [-0.25, -0.2) is 0 Å². The van der Waals surface area contributed by atoms with Crippen molar-refractivity contribution in [1.29, 1.82) is 0 Å². The van der Waals surface area contributed by atoms with Crippen LogP contribution in [0, 0.1) is 5.92 Å². The number of benzene rings is 1. The minimum atomic E-state index is -0.0618. The van der Waals surface area contributed by atoms with Gasteiger partial charge in [0.05, 0.1) is 11.7 Å². The number of nitrogens with one attached hydrogen (secondary N) is 1. The highest BCUT2D eigenvalue weighted by molar-refractivity contribution is 9.10. The summed E-state index contributed by atoms with van der Waals surface area (Å²) in [5.41, 5.74) is 2.86. The molecule has 0 saturated heterocycles. The van der Waals surface area contributed by atoms with E-state index in [-0.39, 0.29) is 11.8 Å². The van der Waals surface area contributed by atoms with E-state index >= 15 is 0 Å². The lowest BCUT2D eigenvalue weighted by Crippen LogP contribution is -2.21. The van der Waals surface area contributed by atoms with Gasteiger partial charge in [0, 0.05) is 10.4 Å². The van der Waals surface area contributed by atoms with Crippen LogP contribution in [-0.2, 0) is 11.2 Å². The van der Waals surface area contributed by atoms with Crippen molar-refractivity contribution < 1.29 is 4.79 Å². The maximum Gasteiger partial charge on any atom is 0.228 e. The molecule has 1 unspecified atom stereocenters. The Bertz CT molecular complexity index is 510. The summed E-state index contributed by atoms with van der Waals surface area (Å²) >= 11 is 4.82. The van der Waals surface area contributed by atoms with Gasteiger partial charge in [0.1, 0.15) is 5.00 Å². The van der Waals surface area contributed by atoms with Gasteiger partial charge in [-0.3, -0.25) is 9.78 Å². The first kappa shape index (κ1) is 13.2. The van der Waals surface area contributed by atoms with Gasteiger partial charge < -0.3 is 5.32 Å². The third kappa shape index (κ3) is 3.65. The predicted octanol–water partition coefficient (Wildman–Crippen LogP) is 3.72. The number of halogens is 1. The van der Waals surface area contributed by atoms with Crippen LogP contribution in [0.5, 0.6) is 0 Å². The molecule has 5 heteroatoms. The number of anilines is 1. The normalized spacial score (nSPS) is 12.1. The second kappa shape index (κ2) is 6.11. The Hall–Kier alpha value is -1.20. The summed E-state index contributed by atoms with van der Waals surface area (Å²) in [6.07, 6.45) is 2.40. The third-order valence-electron chi connectivity index (χ3n) is 2.58. The van der Waals surface area contributed by atoms with Crippen LogP contribution in [0.4, 0.5) is 5.00 Å². The molecule has 0 bridgehead atoms. The van der Waals surface area contributed by atoms with Crippen molar-refractivity contribution in [2.24, 2.45) is 5.92 Å². The summed E-state index contributed by atoms with van der Waals surface area (Å²) in [7, 11) is 0. The highest BCUT2D eigenvalue weighted by Crippen LogP contribution is 2.17. The molecular formula is C13H13BrN2OS. The van der Waals surface area contributed by atoms with E-state index in [4.69, 9.17) is 0 Å². The highest BCUT2D eigenvalue weighted by Gasteiger charge is 2.14. The zero-order valence-corrected chi connectivity index (χ0v) is 12.3. The van der Waals surface area contributed by atoms with Crippen molar-refractivity contribution in [2.45, 2.75) is 13.3 Å². The number of rotatable bonds is 4. The molecular weight excluding hydrogens is 312 g/mol. The van der Waals surface area contributed by atoms with Gasteiger partial charge >= 0.3 is 0 Å². The molecule has 0 aliphatic carbocycles. The SMILES string of the molecule is CC(Cc1ccc(Br)cc1)C(=O)Nc1cncs1. The van der Waals surface area contributed by atoms with Crippen LogP contribution in [0.25, 0.3) is 0 Å². The van der Waals surface area contributed by atoms with E-state index in [0.717, 1.165) is 21.5 Å². The first-order chi connectivity index (χ1) is 8.65. The third-order valence-corrected chi connectivity index (χ3v) is 3.80. The zero-order chi connectivity index (χ0) is 13.0. The number of amides is 1. The molecule has 1 amide bonds. The monoisotopic (exact) mass is 324 g/mol. The van der Waals surface area contributed by atoms with Crippen molar-refractivity contribution >= 4 is 38.2 Å². The van der Waals surface area contributed by atoms with Crippen molar-refractivity contribution in [3.63, 3.8) is 0 Å². The largest absolute Gasteiger partial charge is 0.316 e. The van der Waals surface area contributed by atoms with Gasteiger partial charge in [-0.1, -0.05) is 35.0 Å². The number of hydrogen-bond donors (Lipinski definition) is 1. The van der Waals surface area contributed by atoms with Crippen LogP contribution in [0.2, 0.25) is 0 Å². The second-order valence-electron chi connectivity index (χ2n) is 4.09. The molecule has 0 saturated carbocycles. The van der Waals surface area contributed by atoms with Crippen molar-refractivity contribution in [3.05, 3.63) is 46.0 Å². The molecule has 1 atom stereocenters. The Balaban J connectivity index is 1.93. The average molecular weight is 325 g/mol. The fraction of sp³-hybridized carbons (Fsp3) is 0.231. The van der Waals surface area contributed by atoms with E-state index in [9.17, 15) is 4.79 Å². The summed E-state index contributed by atoms with van der Waals surface area (Å²) < 4.78 is 1.05. The standard InChI is InChI=1S/C13H13BrN2OS/c1-9(6-10-2-4-11(14)5-3-10)13(17)16-12-7-15-8-18-12/h2-5,7-9H,6H2,1H3,(H,16,17). The van der Waals surface area contributed by atoms with Crippen molar-refractivity contribution in [2.75, 3.05) is 5.32 Å². The van der Waals surface area contributed by atoms with Crippen LogP contribution in [0.15, 0.2) is 40.4 Å². The lowest BCUT2D eigenvalue weighted by atomic mass is 10.0. The Morgan fingerprint density at radius 2 is 2.17 bits per heavy atom. The Morgan fingerprint density at radius 3 is 2.78 bits per heavy atom. The molecule has 0 spiro atoms. The first-order valence-electron chi connectivity index (χ1n) is 5.59. The molecule has 0 aliphatic rings. The predicted molar refractivity (Wildman–Crippen MR) is 77.8 cm³/mol. The van der Waals surface area contributed by atoms with Gasteiger partial charge in [0.2, 0.25) is 5.91 Å². The number of thiazole rings is 1. The van der Waals surface area contributed by atoms with E-state index in [0.29, 0.717) is 0 Å². The molecule has 0 aliphatic heterocycles. The fourth-order valence-electron chi connectivity index (χ4n) is 1.59. The number of nitrogens with zero attached hydrogens (tertiary/aromatic N) is 1. The van der Waals surface area contributed by atoms with Crippen molar-refractivity contribution in [3.8, 4) is 0 Å². The molecule has 94 valence electrons. The van der Waals surface area contributed by atoms with Gasteiger partial charge in [-0.05, 0) is 24.1 Å². The Labute approximate surface area is 118 Å². The minimum Gasteiger partial charge on any atom is -0.316 e. The van der Waals surface area contributed by atoms with E-state index in [1.807, 2.05) is 31.2 Å². The van der Waals surface area contributed by atoms with Gasteiger partial charge in [0.25, 0.3) is 0 Å². The summed E-state index contributed by atoms with van der Waals surface area (Å²) in [4.78, 5) is 15.9. The second-order valence-corrected chi connectivity index (χ2v) is 5.89. The van der Waals surface area contributed by atoms with Crippen molar-refractivity contribution in [1.82, 2.24) is 4.98 Å². The average Bonchev–Trinajstić information content (AvgIpc) is 2.85. The smallest absolute Gasteiger partial charge is 0.228 e. The summed E-state index contributed by atoms with van der Waals surface area (Å²) in [6, 6.07) is 8.04. The molecule has 3 nitrogen and oxygen atoms in total. The summed E-state index contributed by atoms with van der Waals surface area (Å²) in [5, 5.41) is 3.66. The molecule has 1 N–H and O–H groups in total. The van der Waals surface area contributed by atoms with Crippen LogP contribution < -0.4 is 5.32 Å². The molecule has 0 radical (unpaired) electrons. The molecule has 1 aromatic heterocycles. The maximum absolute atomic E-state index is 11.9. The molecule has 1 aromatic carbocycles. The molecule has 2 aromatic rings. The molecule has 18 heavy (non-hydrogen) atoms. The highest BCUT2D eigenvalue weighted by atomic mass is 79.9. The van der Waals surface area contributed by atoms with E-state index in [1.54, 1.807) is 11.7 Å². The van der Waals surface area contributed by atoms with E-state index < -0.39 is 0 Å². The number of aromatic nitrogens is 1. The van der Waals surface area contributed by atoms with Gasteiger partial charge in [-0.15, -0.1) is 11.3 Å². The molecule has 1 heterocycles. The van der Waals surface area contributed by atoms with Crippen LogP contribution in [0.3, 0.4) is 0 Å². The van der Waals surface area contributed by atoms with Crippen LogP contribution in [-0.4, -0.2) is 10.9 Å². The Kier molecular flexibility index (Phi) is 4.49. The zero-order valence-electron chi connectivity index (χ0n) is 9.89. The van der Waals surface area contributed by atoms with E-state index in [2.05, 4.69) is 26.2 Å². The first-order valence-corrected chi connectivity index (χ1v) is 7.26. The van der Waals surface area contributed by atoms with E-state index in [1.165, 1.54) is 11.3 Å². The van der Waals surface area contributed by atoms with Gasteiger partial charge in [0.15, 0.2) is 0 Å². The Morgan fingerprint density at radius 1 is 1.44 bits per heavy atom. The quantitative estimate of drug-likeness (QED) is 0.931.